The Morgan fingerprint density at radius 1 is 1.22 bits per heavy atom. The Bertz CT molecular complexity index is 757. The summed E-state index contributed by atoms with van der Waals surface area (Å²) in [6.07, 6.45) is 0.0807. The van der Waals surface area contributed by atoms with Gasteiger partial charge in [0.1, 0.15) is 0 Å². The summed E-state index contributed by atoms with van der Waals surface area (Å²) in [5.41, 5.74) is 4.43. The highest BCUT2D eigenvalue weighted by Crippen LogP contribution is 2.15. The molecule has 118 valence electrons. The molecule has 0 aliphatic carbocycles. The lowest BCUT2D eigenvalue weighted by molar-refractivity contribution is -0.384. The van der Waals surface area contributed by atoms with Crippen molar-refractivity contribution in [2.24, 2.45) is 5.10 Å². The molecule has 0 radical (unpaired) electrons. The summed E-state index contributed by atoms with van der Waals surface area (Å²) < 4.78 is 0. The van der Waals surface area contributed by atoms with E-state index in [1.807, 2.05) is 18.2 Å². The summed E-state index contributed by atoms with van der Waals surface area (Å²) in [6, 6.07) is 13.0. The molecule has 0 aliphatic heterocycles. The van der Waals surface area contributed by atoms with Crippen LogP contribution in [-0.2, 0) is 11.2 Å². The minimum absolute atomic E-state index is 0.0123. The van der Waals surface area contributed by atoms with Crippen LogP contribution in [0.5, 0.6) is 0 Å². The van der Waals surface area contributed by atoms with Crippen molar-refractivity contribution < 1.29 is 9.72 Å². The van der Waals surface area contributed by atoms with E-state index in [9.17, 15) is 14.9 Å². The number of carbonyl (C=O) groups is 1. The number of rotatable bonds is 5. The van der Waals surface area contributed by atoms with E-state index in [-0.39, 0.29) is 18.0 Å². The summed E-state index contributed by atoms with van der Waals surface area (Å²) in [5.74, 6) is -0.315. The number of nitro benzene ring substituents is 1. The molecule has 0 aromatic heterocycles. The molecule has 2 rings (SSSR count). The van der Waals surface area contributed by atoms with Crippen molar-refractivity contribution >= 4 is 28.9 Å². The highest BCUT2D eigenvalue weighted by Gasteiger charge is 2.08. The SMILES string of the molecule is C/C(=N/NC(=O)Cc1ccc([N+](=O)[O-])cc1)c1ccccc1Cl. The topological polar surface area (TPSA) is 84.6 Å². The number of hydrazone groups is 1. The standard InChI is InChI=1S/C16H14ClN3O3/c1-11(14-4-2-3-5-15(14)17)18-19-16(21)10-12-6-8-13(9-7-12)20(22)23/h2-9H,10H2,1H3,(H,19,21)/b18-11-. The van der Waals surface area contributed by atoms with Crippen molar-refractivity contribution in [3.63, 3.8) is 0 Å². The molecule has 6 nitrogen and oxygen atoms in total. The van der Waals surface area contributed by atoms with E-state index in [1.54, 1.807) is 25.1 Å². The van der Waals surface area contributed by atoms with Gasteiger partial charge in [-0.1, -0.05) is 41.9 Å². The third-order valence-electron chi connectivity index (χ3n) is 3.12. The minimum atomic E-state index is -0.485. The van der Waals surface area contributed by atoms with Gasteiger partial charge in [0.15, 0.2) is 0 Å². The molecule has 23 heavy (non-hydrogen) atoms. The van der Waals surface area contributed by atoms with E-state index in [0.29, 0.717) is 16.3 Å². The van der Waals surface area contributed by atoms with Gasteiger partial charge >= 0.3 is 0 Å². The van der Waals surface area contributed by atoms with E-state index < -0.39 is 4.92 Å². The molecule has 0 unspecified atom stereocenters. The first-order valence-electron chi connectivity index (χ1n) is 6.78. The van der Waals surface area contributed by atoms with Crippen molar-refractivity contribution in [2.75, 3.05) is 0 Å². The van der Waals surface area contributed by atoms with Gasteiger partial charge in [-0.05, 0) is 18.6 Å². The molecule has 1 N–H and O–H groups in total. The van der Waals surface area contributed by atoms with Gasteiger partial charge in [-0.2, -0.15) is 5.10 Å². The first-order chi connectivity index (χ1) is 11.0. The Hall–Kier alpha value is -2.73. The minimum Gasteiger partial charge on any atom is -0.273 e. The molecule has 0 atom stereocenters. The fourth-order valence-electron chi connectivity index (χ4n) is 1.92. The molecule has 0 bridgehead atoms. The van der Waals surface area contributed by atoms with Crippen LogP contribution in [0.25, 0.3) is 0 Å². The lowest BCUT2D eigenvalue weighted by Gasteiger charge is -2.05. The normalized spacial score (nSPS) is 11.1. The fourth-order valence-corrected chi connectivity index (χ4v) is 2.19. The molecule has 0 heterocycles. The number of amides is 1. The number of nitro groups is 1. The van der Waals surface area contributed by atoms with Gasteiger partial charge in [-0.25, -0.2) is 5.43 Å². The molecule has 0 fully saturated rings. The van der Waals surface area contributed by atoms with Gasteiger partial charge in [0, 0.05) is 22.7 Å². The fraction of sp³-hybridized carbons (Fsp3) is 0.125. The summed E-state index contributed by atoms with van der Waals surface area (Å²) >= 11 is 6.06. The third kappa shape index (κ3) is 4.62. The second-order valence-corrected chi connectivity index (χ2v) is 5.22. The van der Waals surface area contributed by atoms with Crippen molar-refractivity contribution in [1.82, 2.24) is 5.43 Å². The number of carbonyl (C=O) groups excluding carboxylic acids is 1. The highest BCUT2D eigenvalue weighted by atomic mass is 35.5. The van der Waals surface area contributed by atoms with Gasteiger partial charge in [-0.15, -0.1) is 0 Å². The maximum absolute atomic E-state index is 11.9. The number of non-ortho nitro benzene ring substituents is 1. The second kappa shape index (κ2) is 7.51. The molecule has 2 aromatic carbocycles. The van der Waals surface area contributed by atoms with Crippen LogP contribution in [0.2, 0.25) is 5.02 Å². The lowest BCUT2D eigenvalue weighted by atomic mass is 10.1. The van der Waals surface area contributed by atoms with Crippen LogP contribution in [0.1, 0.15) is 18.1 Å². The zero-order chi connectivity index (χ0) is 16.8. The zero-order valence-corrected chi connectivity index (χ0v) is 13.1. The van der Waals surface area contributed by atoms with Gasteiger partial charge in [0.05, 0.1) is 17.1 Å². The van der Waals surface area contributed by atoms with Crippen LogP contribution < -0.4 is 5.43 Å². The summed E-state index contributed by atoms with van der Waals surface area (Å²) in [4.78, 5) is 22.0. The first-order valence-corrected chi connectivity index (χ1v) is 7.16. The zero-order valence-electron chi connectivity index (χ0n) is 12.3. The van der Waals surface area contributed by atoms with E-state index in [0.717, 1.165) is 5.56 Å². The average Bonchev–Trinajstić information content (AvgIpc) is 2.53. The van der Waals surface area contributed by atoms with Crippen LogP contribution in [-0.4, -0.2) is 16.5 Å². The number of nitrogens with one attached hydrogen (secondary N) is 1. The number of nitrogens with zero attached hydrogens (tertiary/aromatic N) is 2. The number of halogens is 1. The number of benzene rings is 2. The van der Waals surface area contributed by atoms with Crippen molar-refractivity contribution in [3.8, 4) is 0 Å². The predicted octanol–water partition coefficient (Wildman–Crippen LogP) is 3.33. The van der Waals surface area contributed by atoms with Gasteiger partial charge in [0.25, 0.3) is 5.69 Å². The Balaban J connectivity index is 1.98. The van der Waals surface area contributed by atoms with Gasteiger partial charge in [-0.3, -0.25) is 14.9 Å². The molecule has 0 saturated carbocycles. The van der Waals surface area contributed by atoms with Crippen LogP contribution in [0.15, 0.2) is 53.6 Å². The average molecular weight is 332 g/mol. The molecule has 0 saturated heterocycles. The van der Waals surface area contributed by atoms with Crippen molar-refractivity contribution in [3.05, 3.63) is 74.8 Å². The summed E-state index contributed by atoms with van der Waals surface area (Å²) in [7, 11) is 0. The van der Waals surface area contributed by atoms with E-state index in [2.05, 4.69) is 10.5 Å². The maximum Gasteiger partial charge on any atom is 0.269 e. The summed E-state index contributed by atoms with van der Waals surface area (Å²) in [6.45, 7) is 1.74. The Morgan fingerprint density at radius 2 is 1.87 bits per heavy atom. The molecule has 0 aliphatic rings. The van der Waals surface area contributed by atoms with Crippen LogP contribution in [0.4, 0.5) is 5.69 Å². The van der Waals surface area contributed by atoms with E-state index in [4.69, 9.17) is 11.6 Å². The van der Waals surface area contributed by atoms with Crippen molar-refractivity contribution in [2.45, 2.75) is 13.3 Å². The second-order valence-electron chi connectivity index (χ2n) is 4.81. The summed E-state index contributed by atoms with van der Waals surface area (Å²) in [5, 5.41) is 15.1. The molecule has 1 amide bonds. The molecule has 2 aromatic rings. The lowest BCUT2D eigenvalue weighted by Crippen LogP contribution is -2.21. The Morgan fingerprint density at radius 3 is 2.48 bits per heavy atom. The largest absolute Gasteiger partial charge is 0.273 e. The quantitative estimate of drug-likeness (QED) is 0.518. The molecule has 7 heteroatoms. The number of hydrogen-bond acceptors (Lipinski definition) is 4. The van der Waals surface area contributed by atoms with Crippen LogP contribution in [0.3, 0.4) is 0 Å². The van der Waals surface area contributed by atoms with Crippen LogP contribution >= 0.6 is 11.6 Å². The highest BCUT2D eigenvalue weighted by molar-refractivity contribution is 6.34. The molecular formula is C16H14ClN3O3. The van der Waals surface area contributed by atoms with E-state index >= 15 is 0 Å². The Labute approximate surface area is 137 Å². The molecular weight excluding hydrogens is 318 g/mol. The third-order valence-corrected chi connectivity index (χ3v) is 3.45. The maximum atomic E-state index is 11.9. The van der Waals surface area contributed by atoms with Gasteiger partial charge < -0.3 is 0 Å². The van der Waals surface area contributed by atoms with E-state index in [1.165, 1.54) is 12.1 Å². The predicted molar refractivity (Wildman–Crippen MR) is 88.6 cm³/mol. The number of hydrogen-bond donors (Lipinski definition) is 1. The monoisotopic (exact) mass is 331 g/mol. The van der Waals surface area contributed by atoms with Crippen molar-refractivity contribution in [1.29, 1.82) is 0 Å². The van der Waals surface area contributed by atoms with Crippen LogP contribution in [0, 0.1) is 10.1 Å². The smallest absolute Gasteiger partial charge is 0.269 e. The van der Waals surface area contributed by atoms with Gasteiger partial charge in [0.2, 0.25) is 5.91 Å². The molecule has 0 spiro atoms. The first kappa shape index (κ1) is 16.6. The Kier molecular flexibility index (Phi) is 5.43.